The van der Waals surface area contributed by atoms with Gasteiger partial charge in [0.2, 0.25) is 0 Å². The molecule has 2 aromatic rings. The van der Waals surface area contributed by atoms with Gasteiger partial charge < -0.3 is 4.90 Å². The van der Waals surface area contributed by atoms with E-state index in [-0.39, 0.29) is 5.91 Å². The number of carbonyl (C=O) groups excluding carboxylic acids is 1. The van der Waals surface area contributed by atoms with Crippen molar-refractivity contribution in [1.82, 2.24) is 9.88 Å². The van der Waals surface area contributed by atoms with Crippen molar-refractivity contribution < 1.29 is 4.79 Å². The first-order valence-electron chi connectivity index (χ1n) is 8.07. The van der Waals surface area contributed by atoms with Gasteiger partial charge in [0.1, 0.15) is 4.34 Å². The summed E-state index contributed by atoms with van der Waals surface area (Å²) in [4.78, 5) is 18.9. The van der Waals surface area contributed by atoms with E-state index in [1.54, 1.807) is 23.1 Å². The van der Waals surface area contributed by atoms with Crippen LogP contribution in [0.1, 0.15) is 48.3 Å². The van der Waals surface area contributed by atoms with Crippen LogP contribution in [0.5, 0.6) is 0 Å². The minimum Gasteiger partial charge on any atom is -0.339 e. The molecule has 0 aliphatic carbocycles. The molecular weight excluding hydrogens is 324 g/mol. The predicted molar refractivity (Wildman–Crippen MR) is 99.3 cm³/mol. The highest BCUT2D eigenvalue weighted by atomic mass is 32.2. The zero-order valence-electron chi connectivity index (χ0n) is 14.0. The van der Waals surface area contributed by atoms with Gasteiger partial charge in [0.05, 0.1) is 0 Å². The van der Waals surface area contributed by atoms with Crippen LogP contribution in [-0.4, -0.2) is 28.9 Å². The van der Waals surface area contributed by atoms with E-state index < -0.39 is 0 Å². The third-order valence-corrected chi connectivity index (χ3v) is 5.65. The Hall–Kier alpha value is -1.33. The van der Waals surface area contributed by atoms with Crippen LogP contribution in [0.25, 0.3) is 0 Å². The number of aryl methyl sites for hydroxylation is 1. The molecule has 0 spiro atoms. The molecule has 0 unspecified atom stereocenters. The summed E-state index contributed by atoms with van der Waals surface area (Å²) in [6.07, 6.45) is 1.99. The zero-order chi connectivity index (χ0) is 16.7. The Morgan fingerprint density at radius 2 is 1.83 bits per heavy atom. The number of amides is 1. The number of aromatic nitrogens is 1. The standard InChI is InChI=1S/C18H24N2OS2/c1-4-10-20(11-5-2)17(21)16-8-6-15(7-9-16)13-23-18-19-14(3)12-22-18/h6-9,12H,4-5,10-11,13H2,1-3H3. The molecule has 1 aromatic heterocycles. The average Bonchev–Trinajstić information content (AvgIpc) is 2.98. The molecule has 0 aliphatic heterocycles. The number of carbonyl (C=O) groups is 1. The molecule has 1 aromatic carbocycles. The lowest BCUT2D eigenvalue weighted by Gasteiger charge is -2.21. The molecule has 0 N–H and O–H groups in total. The van der Waals surface area contributed by atoms with E-state index in [9.17, 15) is 4.79 Å². The molecule has 0 bridgehead atoms. The normalized spacial score (nSPS) is 10.7. The molecule has 3 nitrogen and oxygen atoms in total. The maximum Gasteiger partial charge on any atom is 0.253 e. The summed E-state index contributed by atoms with van der Waals surface area (Å²) in [6, 6.07) is 8.00. The summed E-state index contributed by atoms with van der Waals surface area (Å²) in [5.41, 5.74) is 3.08. The number of hydrogen-bond acceptors (Lipinski definition) is 4. The Morgan fingerprint density at radius 1 is 1.17 bits per heavy atom. The Labute approximate surface area is 147 Å². The van der Waals surface area contributed by atoms with Crippen LogP contribution in [0.4, 0.5) is 0 Å². The van der Waals surface area contributed by atoms with E-state index in [4.69, 9.17) is 0 Å². The maximum atomic E-state index is 12.5. The quantitative estimate of drug-likeness (QED) is 0.629. The van der Waals surface area contributed by atoms with Gasteiger partial charge in [0, 0.05) is 35.5 Å². The van der Waals surface area contributed by atoms with Crippen molar-refractivity contribution in [3.05, 3.63) is 46.5 Å². The minimum absolute atomic E-state index is 0.142. The fraction of sp³-hybridized carbons (Fsp3) is 0.444. The highest BCUT2D eigenvalue weighted by Gasteiger charge is 2.13. The van der Waals surface area contributed by atoms with Crippen LogP contribution in [0.15, 0.2) is 34.0 Å². The summed E-state index contributed by atoms with van der Waals surface area (Å²) < 4.78 is 1.10. The van der Waals surface area contributed by atoms with E-state index in [2.05, 4.69) is 36.3 Å². The lowest BCUT2D eigenvalue weighted by atomic mass is 10.1. The molecule has 0 saturated heterocycles. The summed E-state index contributed by atoms with van der Waals surface area (Å²) in [5.74, 6) is 1.03. The SMILES string of the molecule is CCCN(CCC)C(=O)c1ccc(CSc2nc(C)cs2)cc1. The third kappa shape index (κ3) is 5.36. The molecule has 0 radical (unpaired) electrons. The lowest BCUT2D eigenvalue weighted by Crippen LogP contribution is -2.32. The number of nitrogens with zero attached hydrogens (tertiary/aromatic N) is 2. The van der Waals surface area contributed by atoms with Crippen molar-refractivity contribution in [2.75, 3.05) is 13.1 Å². The molecule has 0 fully saturated rings. The van der Waals surface area contributed by atoms with Crippen LogP contribution in [0, 0.1) is 6.92 Å². The molecule has 1 amide bonds. The van der Waals surface area contributed by atoms with Crippen molar-refractivity contribution in [3.63, 3.8) is 0 Å². The summed E-state index contributed by atoms with van der Waals surface area (Å²) in [6.45, 7) is 7.88. The van der Waals surface area contributed by atoms with Gasteiger partial charge in [-0.1, -0.05) is 37.7 Å². The van der Waals surface area contributed by atoms with E-state index >= 15 is 0 Å². The van der Waals surface area contributed by atoms with Gasteiger partial charge >= 0.3 is 0 Å². The average molecular weight is 349 g/mol. The molecule has 23 heavy (non-hydrogen) atoms. The number of rotatable bonds is 8. The number of hydrogen-bond donors (Lipinski definition) is 0. The molecule has 0 atom stereocenters. The van der Waals surface area contributed by atoms with Crippen molar-refractivity contribution in [2.45, 2.75) is 43.7 Å². The van der Waals surface area contributed by atoms with E-state index in [0.29, 0.717) is 0 Å². The summed E-state index contributed by atoms with van der Waals surface area (Å²) in [7, 11) is 0. The molecule has 1 heterocycles. The second kappa shape index (κ2) is 9.08. The number of benzene rings is 1. The van der Waals surface area contributed by atoms with Gasteiger partial charge in [-0.15, -0.1) is 11.3 Å². The summed E-state index contributed by atoms with van der Waals surface area (Å²) >= 11 is 3.43. The van der Waals surface area contributed by atoms with E-state index in [1.807, 2.05) is 24.0 Å². The van der Waals surface area contributed by atoms with Crippen LogP contribution in [0.3, 0.4) is 0 Å². The van der Waals surface area contributed by atoms with Crippen molar-refractivity contribution in [2.24, 2.45) is 0 Å². The van der Waals surface area contributed by atoms with Gasteiger partial charge in [-0.2, -0.15) is 0 Å². The van der Waals surface area contributed by atoms with E-state index in [0.717, 1.165) is 47.3 Å². The highest BCUT2D eigenvalue weighted by molar-refractivity contribution is 8.00. The fourth-order valence-corrected chi connectivity index (χ4v) is 4.13. The van der Waals surface area contributed by atoms with Crippen LogP contribution in [-0.2, 0) is 5.75 Å². The third-order valence-electron chi connectivity index (χ3n) is 3.44. The lowest BCUT2D eigenvalue weighted by molar-refractivity contribution is 0.0755. The highest BCUT2D eigenvalue weighted by Crippen LogP contribution is 2.26. The zero-order valence-corrected chi connectivity index (χ0v) is 15.7. The molecule has 2 rings (SSSR count). The van der Waals surface area contributed by atoms with Crippen LogP contribution in [0.2, 0.25) is 0 Å². The molecule has 5 heteroatoms. The van der Waals surface area contributed by atoms with Crippen molar-refractivity contribution in [3.8, 4) is 0 Å². The number of thiazole rings is 1. The van der Waals surface area contributed by atoms with Crippen molar-refractivity contribution in [1.29, 1.82) is 0 Å². The Morgan fingerprint density at radius 3 is 2.35 bits per heavy atom. The fourth-order valence-electron chi connectivity index (χ4n) is 2.32. The Bertz CT molecular complexity index is 616. The molecular formula is C18H24N2OS2. The van der Waals surface area contributed by atoms with E-state index in [1.165, 1.54) is 5.56 Å². The first kappa shape index (κ1) is 18.0. The second-order valence-corrected chi connectivity index (χ2v) is 7.61. The smallest absolute Gasteiger partial charge is 0.253 e. The molecule has 0 aliphatic rings. The number of thioether (sulfide) groups is 1. The van der Waals surface area contributed by atoms with Gasteiger partial charge in [-0.05, 0) is 37.5 Å². The van der Waals surface area contributed by atoms with Crippen LogP contribution >= 0.6 is 23.1 Å². The van der Waals surface area contributed by atoms with Gasteiger partial charge in [-0.3, -0.25) is 4.79 Å². The molecule has 0 saturated carbocycles. The van der Waals surface area contributed by atoms with Gasteiger partial charge in [-0.25, -0.2) is 4.98 Å². The monoisotopic (exact) mass is 348 g/mol. The topological polar surface area (TPSA) is 33.2 Å². The molecule has 124 valence electrons. The van der Waals surface area contributed by atoms with Gasteiger partial charge in [0.15, 0.2) is 0 Å². The van der Waals surface area contributed by atoms with Gasteiger partial charge in [0.25, 0.3) is 5.91 Å². The summed E-state index contributed by atoms with van der Waals surface area (Å²) in [5, 5.41) is 2.07. The minimum atomic E-state index is 0.142. The second-order valence-electron chi connectivity index (χ2n) is 5.53. The largest absolute Gasteiger partial charge is 0.339 e. The first-order valence-corrected chi connectivity index (χ1v) is 9.93. The predicted octanol–water partition coefficient (Wildman–Crippen LogP) is 5.01. The van der Waals surface area contributed by atoms with Crippen molar-refractivity contribution >= 4 is 29.0 Å². The maximum absolute atomic E-state index is 12.5. The Balaban J connectivity index is 1.96. The Kier molecular flexibility index (Phi) is 7.12. The first-order chi connectivity index (χ1) is 11.1. The van der Waals surface area contributed by atoms with Crippen LogP contribution < -0.4 is 0 Å².